The fourth-order valence-corrected chi connectivity index (χ4v) is 3.86. The molecule has 0 aliphatic heterocycles. The average molecular weight is 563 g/mol. The van der Waals surface area contributed by atoms with Gasteiger partial charge >= 0.3 is 12.1 Å². The number of fused-ring (bicyclic) bond motifs is 1. The van der Waals surface area contributed by atoms with Gasteiger partial charge in [0.25, 0.3) is 0 Å². The number of nitrogens with one attached hydrogen (secondary N) is 3. The van der Waals surface area contributed by atoms with Crippen LogP contribution in [0.3, 0.4) is 0 Å². The number of nitrogens with two attached hydrogens (primary N) is 1. The van der Waals surface area contributed by atoms with Crippen LogP contribution in [0.4, 0.5) is 24.2 Å². The van der Waals surface area contributed by atoms with Crippen LogP contribution in [0.5, 0.6) is 0 Å². The molecule has 4 amide bonds. The van der Waals surface area contributed by atoms with Gasteiger partial charge in [-0.1, -0.05) is 23.7 Å². The highest BCUT2D eigenvalue weighted by Gasteiger charge is 2.22. The van der Waals surface area contributed by atoms with Gasteiger partial charge in [-0.15, -0.1) is 0 Å². The van der Waals surface area contributed by atoms with Gasteiger partial charge in [-0.05, 0) is 54.1 Å². The molecule has 3 aromatic rings. The van der Waals surface area contributed by atoms with Crippen molar-refractivity contribution in [1.82, 2.24) is 20.5 Å². The van der Waals surface area contributed by atoms with Crippen molar-refractivity contribution in [2.45, 2.75) is 25.4 Å². The molecule has 0 fully saturated rings. The van der Waals surface area contributed by atoms with Gasteiger partial charge in [0.2, 0.25) is 5.91 Å². The Bertz CT molecular complexity index is 1330. The Hall–Kier alpha value is -4.03. The fraction of sp³-hybridized carbons (Fsp3) is 0.308. The van der Waals surface area contributed by atoms with Crippen molar-refractivity contribution in [2.75, 3.05) is 32.1 Å². The lowest BCUT2D eigenvalue weighted by Crippen LogP contribution is -2.46. The van der Waals surface area contributed by atoms with Gasteiger partial charge < -0.3 is 26.0 Å². The third-order valence-electron chi connectivity index (χ3n) is 5.87. The van der Waals surface area contributed by atoms with Gasteiger partial charge in [-0.3, -0.25) is 10.1 Å². The quantitative estimate of drug-likeness (QED) is 0.262. The summed E-state index contributed by atoms with van der Waals surface area (Å²) in [7, 11) is 1.52. The van der Waals surface area contributed by atoms with E-state index >= 15 is 0 Å². The minimum absolute atomic E-state index is 0.0192. The SMILES string of the molecule is CN(C(=O)NCc1cccc(F)c1Cl)[C@@H](CCCNC(=O)CN)COC(=O)Nc1cc2cc(F)ccc2cn1. The maximum absolute atomic E-state index is 13.7. The van der Waals surface area contributed by atoms with Crippen molar-refractivity contribution in [3.8, 4) is 0 Å². The number of anilines is 1. The minimum Gasteiger partial charge on any atom is -0.447 e. The molecule has 0 aliphatic carbocycles. The van der Waals surface area contributed by atoms with Crippen LogP contribution in [-0.2, 0) is 16.1 Å². The van der Waals surface area contributed by atoms with E-state index in [4.69, 9.17) is 22.1 Å². The van der Waals surface area contributed by atoms with Crippen LogP contribution in [0.1, 0.15) is 18.4 Å². The average Bonchev–Trinajstić information content (AvgIpc) is 2.92. The molecular weight excluding hydrogens is 534 g/mol. The van der Waals surface area contributed by atoms with E-state index in [1.165, 1.54) is 48.5 Å². The number of benzene rings is 2. The smallest absolute Gasteiger partial charge is 0.412 e. The van der Waals surface area contributed by atoms with Crippen LogP contribution in [0.25, 0.3) is 10.8 Å². The summed E-state index contributed by atoms with van der Waals surface area (Å²) in [6.45, 7) is -0.0318. The Morgan fingerprint density at radius 1 is 1.13 bits per heavy atom. The first-order valence-corrected chi connectivity index (χ1v) is 12.4. The molecule has 1 heterocycles. The molecule has 39 heavy (non-hydrogen) atoms. The van der Waals surface area contributed by atoms with Crippen molar-refractivity contribution < 1.29 is 27.9 Å². The van der Waals surface area contributed by atoms with E-state index in [-0.39, 0.29) is 36.4 Å². The molecule has 208 valence electrons. The Labute approximate surface area is 228 Å². The number of rotatable bonds is 11. The lowest BCUT2D eigenvalue weighted by Gasteiger charge is -2.28. The van der Waals surface area contributed by atoms with Crippen molar-refractivity contribution in [3.05, 3.63) is 70.9 Å². The van der Waals surface area contributed by atoms with Crippen molar-refractivity contribution in [1.29, 1.82) is 0 Å². The van der Waals surface area contributed by atoms with Crippen molar-refractivity contribution >= 4 is 46.2 Å². The maximum atomic E-state index is 13.7. The third kappa shape index (κ3) is 8.76. The number of hydrogen-bond donors (Lipinski definition) is 4. The van der Waals surface area contributed by atoms with E-state index in [0.29, 0.717) is 35.7 Å². The molecule has 1 atom stereocenters. The lowest BCUT2D eigenvalue weighted by atomic mass is 10.1. The molecule has 0 saturated heterocycles. The van der Waals surface area contributed by atoms with Gasteiger partial charge in [0.1, 0.15) is 24.1 Å². The van der Waals surface area contributed by atoms with E-state index in [1.807, 2.05) is 0 Å². The molecule has 13 heteroatoms. The molecule has 0 saturated carbocycles. The topological polar surface area (TPSA) is 139 Å². The number of likely N-dealkylation sites (N-methyl/N-ethyl adjacent to an activating group) is 1. The number of pyridine rings is 1. The minimum atomic E-state index is -0.819. The molecule has 2 aromatic carbocycles. The maximum Gasteiger partial charge on any atom is 0.412 e. The van der Waals surface area contributed by atoms with Crippen LogP contribution in [0.15, 0.2) is 48.7 Å². The largest absolute Gasteiger partial charge is 0.447 e. The first-order valence-electron chi connectivity index (χ1n) is 12.1. The number of amides is 4. The predicted octanol–water partition coefficient (Wildman–Crippen LogP) is 3.78. The van der Waals surface area contributed by atoms with Gasteiger partial charge in [-0.2, -0.15) is 0 Å². The fourth-order valence-electron chi connectivity index (χ4n) is 3.67. The number of ether oxygens (including phenoxy) is 1. The summed E-state index contributed by atoms with van der Waals surface area (Å²) in [6, 6.07) is 8.92. The molecule has 3 rings (SSSR count). The summed E-state index contributed by atoms with van der Waals surface area (Å²) >= 11 is 5.96. The molecule has 10 nitrogen and oxygen atoms in total. The molecule has 0 radical (unpaired) electrons. The number of urea groups is 1. The van der Waals surface area contributed by atoms with Crippen LogP contribution >= 0.6 is 11.6 Å². The molecule has 5 N–H and O–H groups in total. The number of hydrogen-bond acceptors (Lipinski definition) is 6. The van der Waals surface area contributed by atoms with Crippen LogP contribution in [0.2, 0.25) is 5.02 Å². The molecule has 0 spiro atoms. The Morgan fingerprint density at radius 3 is 2.69 bits per heavy atom. The number of aromatic nitrogens is 1. The van der Waals surface area contributed by atoms with E-state index in [1.54, 1.807) is 12.1 Å². The highest BCUT2D eigenvalue weighted by molar-refractivity contribution is 6.31. The first-order chi connectivity index (χ1) is 18.7. The number of halogens is 3. The predicted molar refractivity (Wildman–Crippen MR) is 143 cm³/mol. The van der Waals surface area contributed by atoms with E-state index < -0.39 is 29.8 Å². The number of nitrogens with zero attached hydrogens (tertiary/aromatic N) is 2. The van der Waals surface area contributed by atoms with Crippen LogP contribution in [-0.4, -0.2) is 60.7 Å². The highest BCUT2D eigenvalue weighted by Crippen LogP contribution is 2.20. The van der Waals surface area contributed by atoms with E-state index in [0.717, 1.165) is 0 Å². The molecule has 1 aromatic heterocycles. The second-order valence-corrected chi connectivity index (χ2v) is 9.00. The normalized spacial score (nSPS) is 11.5. The summed E-state index contributed by atoms with van der Waals surface area (Å²) in [6.07, 6.45) is 1.51. The highest BCUT2D eigenvalue weighted by atomic mass is 35.5. The molecule has 0 bridgehead atoms. The summed E-state index contributed by atoms with van der Waals surface area (Å²) in [5.74, 6) is -1.17. The van der Waals surface area contributed by atoms with Crippen molar-refractivity contribution in [2.24, 2.45) is 5.73 Å². The molecule has 0 unspecified atom stereocenters. The lowest BCUT2D eigenvalue weighted by molar-refractivity contribution is -0.119. The van der Waals surface area contributed by atoms with Gasteiger partial charge in [-0.25, -0.2) is 23.4 Å². The Kier molecular flexibility index (Phi) is 10.8. The third-order valence-corrected chi connectivity index (χ3v) is 6.30. The van der Waals surface area contributed by atoms with Crippen LogP contribution < -0.4 is 21.7 Å². The van der Waals surface area contributed by atoms with Gasteiger partial charge in [0.15, 0.2) is 0 Å². The molecular formula is C26H29ClF2N6O4. The van der Waals surface area contributed by atoms with Crippen LogP contribution in [0, 0.1) is 11.6 Å². The Morgan fingerprint density at radius 2 is 1.92 bits per heavy atom. The monoisotopic (exact) mass is 562 g/mol. The summed E-state index contributed by atoms with van der Waals surface area (Å²) in [5.41, 5.74) is 5.69. The summed E-state index contributed by atoms with van der Waals surface area (Å²) in [5, 5.41) is 8.96. The number of carbonyl (C=O) groups excluding carboxylic acids is 3. The second-order valence-electron chi connectivity index (χ2n) is 8.62. The Balaban J connectivity index is 1.60. The zero-order valence-electron chi connectivity index (χ0n) is 21.2. The summed E-state index contributed by atoms with van der Waals surface area (Å²) < 4.78 is 32.6. The van der Waals surface area contributed by atoms with Gasteiger partial charge in [0, 0.05) is 31.7 Å². The standard InChI is InChI=1S/C26H29ClF2N6O4/c1-35(25(37)33-14-17-4-2-6-21(29)24(17)27)20(5-3-9-31-23(36)12-30)15-39-26(38)34-22-11-18-10-19(28)8-7-16(18)13-32-22/h2,4,6-8,10-11,13,20H,3,5,9,12,14-15,30H2,1H3,(H,31,36)(H,33,37)(H,32,34,38)/t20-/m0/s1. The van der Waals surface area contributed by atoms with E-state index in [2.05, 4.69) is 20.9 Å². The number of carbonyl (C=O) groups is 3. The first kappa shape index (κ1) is 29.5. The molecule has 0 aliphatic rings. The zero-order chi connectivity index (χ0) is 28.4. The van der Waals surface area contributed by atoms with Gasteiger partial charge in [0.05, 0.1) is 17.6 Å². The summed E-state index contributed by atoms with van der Waals surface area (Å²) in [4.78, 5) is 42.2. The van der Waals surface area contributed by atoms with Crippen molar-refractivity contribution in [3.63, 3.8) is 0 Å². The zero-order valence-corrected chi connectivity index (χ0v) is 21.9. The second kappa shape index (κ2) is 14.2. The van der Waals surface area contributed by atoms with E-state index in [9.17, 15) is 23.2 Å².